The minimum Gasteiger partial charge on any atom is -0.483 e. The first-order chi connectivity index (χ1) is 16.8. The average molecular weight is 466 g/mol. The van der Waals surface area contributed by atoms with E-state index in [4.69, 9.17) is 15.6 Å². The molecule has 0 aliphatic carbocycles. The third-order valence-corrected chi connectivity index (χ3v) is 4.95. The summed E-state index contributed by atoms with van der Waals surface area (Å²) in [5, 5.41) is 11.1. The molecule has 2 aromatic carbocycles. The van der Waals surface area contributed by atoms with Gasteiger partial charge in [-0.05, 0) is 44.2 Å². The maximum Gasteiger partial charge on any atom is 0.305 e. The van der Waals surface area contributed by atoms with Crippen LogP contribution in [-0.2, 0) is 16.1 Å². The molecule has 1 unspecified atom stereocenters. The topological polar surface area (TPSA) is 109 Å². The van der Waals surface area contributed by atoms with Gasteiger partial charge in [-0.25, -0.2) is 0 Å². The van der Waals surface area contributed by atoms with Gasteiger partial charge in [-0.3, -0.25) is 14.4 Å². The van der Waals surface area contributed by atoms with Gasteiger partial charge in [0.1, 0.15) is 11.5 Å². The highest BCUT2D eigenvalue weighted by molar-refractivity contribution is 5.94. The number of carboxylic acids is 1. The molecule has 34 heavy (non-hydrogen) atoms. The van der Waals surface area contributed by atoms with Gasteiger partial charge in [0.25, 0.3) is 11.8 Å². The Morgan fingerprint density at radius 3 is 2.47 bits per heavy atom. The van der Waals surface area contributed by atoms with Gasteiger partial charge in [0.05, 0.1) is 14.1 Å². The number of hydrogen-bond donors (Lipinski definition) is 2. The highest BCUT2D eigenvalue weighted by atomic mass is 16.5. The lowest BCUT2D eigenvalue weighted by Gasteiger charge is -2.28. The van der Waals surface area contributed by atoms with Crippen LogP contribution in [0.3, 0.4) is 0 Å². The van der Waals surface area contributed by atoms with Crippen molar-refractivity contribution < 1.29 is 30.0 Å². The van der Waals surface area contributed by atoms with Gasteiger partial charge in [-0.15, -0.1) is 0 Å². The largest absolute Gasteiger partial charge is 0.483 e. The van der Waals surface area contributed by atoms with E-state index in [0.717, 1.165) is 5.56 Å². The molecule has 0 fully saturated rings. The maximum atomic E-state index is 13.4. The summed E-state index contributed by atoms with van der Waals surface area (Å²) in [4.78, 5) is 37.4. The smallest absolute Gasteiger partial charge is 0.305 e. The lowest BCUT2D eigenvalue weighted by Crippen LogP contribution is -2.36. The first-order valence-corrected chi connectivity index (χ1v) is 10.9. The Morgan fingerprint density at radius 2 is 1.82 bits per heavy atom. The van der Waals surface area contributed by atoms with E-state index in [-0.39, 0.29) is 31.5 Å². The number of carbonyl (C=O) groups is 3. The summed E-state index contributed by atoms with van der Waals surface area (Å²) in [5.41, 5.74) is 1.70. The molecule has 0 bridgehead atoms. The zero-order valence-corrected chi connectivity index (χ0v) is 19.1. The van der Waals surface area contributed by atoms with Crippen molar-refractivity contribution in [3.05, 3.63) is 78.1 Å². The zero-order chi connectivity index (χ0) is 25.4. The first kappa shape index (κ1) is 23.1. The number of benzene rings is 2. The monoisotopic (exact) mass is 465 g/mol. The maximum absolute atomic E-state index is 13.4. The average Bonchev–Trinajstić information content (AvgIpc) is 3.37. The van der Waals surface area contributed by atoms with Gasteiger partial charge in [0.15, 0.2) is 6.61 Å². The van der Waals surface area contributed by atoms with Crippen molar-refractivity contribution in [2.45, 2.75) is 32.8 Å². The molecule has 8 heteroatoms. The van der Waals surface area contributed by atoms with Crippen molar-refractivity contribution in [1.29, 1.82) is 0 Å². The number of rotatable bonds is 11. The second-order valence-electron chi connectivity index (χ2n) is 7.81. The fourth-order valence-electron chi connectivity index (χ4n) is 3.18. The minimum absolute atomic E-state index is 0.00537. The van der Waals surface area contributed by atoms with E-state index in [9.17, 15) is 14.4 Å². The van der Waals surface area contributed by atoms with Crippen molar-refractivity contribution in [3.63, 3.8) is 0 Å². The van der Waals surface area contributed by atoms with E-state index in [1.165, 1.54) is 4.90 Å². The molecular weight excluding hydrogens is 436 g/mol. The van der Waals surface area contributed by atoms with E-state index in [1.807, 2.05) is 19.9 Å². The normalized spacial score (nSPS) is 12.0. The van der Waals surface area contributed by atoms with Crippen molar-refractivity contribution in [2.75, 3.05) is 13.2 Å². The highest BCUT2D eigenvalue weighted by Gasteiger charge is 2.21. The molecule has 2 amide bonds. The minimum atomic E-state index is -1.08. The summed E-state index contributed by atoms with van der Waals surface area (Å²) in [6.07, 6.45) is 1.39. The number of nitrogens with one attached hydrogen (secondary N) is 1. The van der Waals surface area contributed by atoms with E-state index in [1.54, 1.807) is 60.9 Å². The molecule has 0 aliphatic rings. The molecule has 3 aromatic rings. The number of hydrogen-bond acceptors (Lipinski definition) is 5. The second kappa shape index (κ2) is 11.7. The predicted octanol–water partition coefficient (Wildman–Crippen LogP) is 3.97. The third-order valence-electron chi connectivity index (χ3n) is 4.95. The zero-order valence-electron chi connectivity index (χ0n) is 20.1. The molecule has 178 valence electrons. The second-order valence-corrected chi connectivity index (χ2v) is 7.81. The lowest BCUT2D eigenvalue weighted by atomic mass is 10.1. The molecule has 2 N–H and O–H groups in total. The summed E-state index contributed by atoms with van der Waals surface area (Å²) in [5.74, 6) is -0.806. The summed E-state index contributed by atoms with van der Waals surface area (Å²) in [6, 6.07) is 17.1. The number of nitrogens with zero attached hydrogens (tertiary/aromatic N) is 1. The number of carboxylic acid groups (broad SMARTS) is 1. The number of amides is 2. The molecule has 0 spiro atoms. The van der Waals surface area contributed by atoms with Crippen molar-refractivity contribution >= 4 is 17.8 Å². The highest BCUT2D eigenvalue weighted by Crippen LogP contribution is 2.24. The Labute approximate surface area is 199 Å². The molecule has 3 rings (SSSR count). The Balaban J connectivity index is 1.74. The summed E-state index contributed by atoms with van der Waals surface area (Å²) in [7, 11) is 0. The molecular formula is C26H28N2O6. The molecule has 1 heterocycles. The molecule has 1 atom stereocenters. The van der Waals surface area contributed by atoms with Crippen LogP contribution in [0.4, 0.5) is 0 Å². The van der Waals surface area contributed by atoms with Crippen LogP contribution in [0.5, 0.6) is 5.75 Å². The Bertz CT molecular complexity index is 1140. The SMILES string of the molecule is [2H]C(c1ccccc1OCC(=O)NCCC(=O)O)N(C(=O)c1ccc(-c2ccco2)cc1)C(C)C. The molecule has 0 aliphatic heterocycles. The van der Waals surface area contributed by atoms with Crippen molar-refractivity contribution in [2.24, 2.45) is 0 Å². The quantitative estimate of drug-likeness (QED) is 0.444. The number of aliphatic carboxylic acids is 1. The van der Waals surface area contributed by atoms with Gasteiger partial charge in [-0.2, -0.15) is 0 Å². The standard InChI is InChI=1S/C26H28N2O6/c1-18(2)28(26(32)20-11-9-19(10-12-20)22-8-5-15-33-22)16-21-6-3-4-7-23(21)34-17-24(29)27-14-13-25(30)31/h3-12,15,18H,13-14,16-17H2,1-2H3,(H,27,29)(H,30,31)/i16D. The van der Waals surface area contributed by atoms with Gasteiger partial charge in [-0.1, -0.05) is 30.3 Å². The molecule has 0 saturated heterocycles. The van der Waals surface area contributed by atoms with Gasteiger partial charge in [0.2, 0.25) is 0 Å². The van der Waals surface area contributed by atoms with Crippen LogP contribution in [0.25, 0.3) is 11.3 Å². The fraction of sp³-hybridized carbons (Fsp3) is 0.269. The van der Waals surface area contributed by atoms with Crippen LogP contribution in [0, 0.1) is 0 Å². The van der Waals surface area contributed by atoms with Gasteiger partial charge in [0, 0.05) is 35.8 Å². The molecule has 0 saturated carbocycles. The fourth-order valence-corrected chi connectivity index (χ4v) is 3.18. The predicted molar refractivity (Wildman–Crippen MR) is 126 cm³/mol. The van der Waals surface area contributed by atoms with Gasteiger partial charge >= 0.3 is 5.97 Å². The van der Waals surface area contributed by atoms with Crippen LogP contribution < -0.4 is 10.1 Å². The van der Waals surface area contributed by atoms with E-state index in [2.05, 4.69) is 5.32 Å². The Kier molecular flexibility index (Phi) is 7.95. The summed E-state index contributed by atoms with van der Waals surface area (Å²) >= 11 is 0. The van der Waals surface area contributed by atoms with E-state index < -0.39 is 18.4 Å². The Hall–Kier alpha value is -4.07. The lowest BCUT2D eigenvalue weighted by molar-refractivity contribution is -0.137. The van der Waals surface area contributed by atoms with Crippen LogP contribution in [0.1, 0.15) is 37.6 Å². The van der Waals surface area contributed by atoms with Crippen LogP contribution in [-0.4, -0.2) is 47.0 Å². The van der Waals surface area contributed by atoms with E-state index >= 15 is 0 Å². The van der Waals surface area contributed by atoms with Gasteiger partial charge < -0.3 is 24.5 Å². The number of carbonyl (C=O) groups excluding carboxylic acids is 2. The first-order valence-electron chi connectivity index (χ1n) is 11.4. The number of ether oxygens (including phenoxy) is 1. The molecule has 8 nitrogen and oxygen atoms in total. The van der Waals surface area contributed by atoms with Crippen LogP contribution in [0.15, 0.2) is 71.3 Å². The van der Waals surface area contributed by atoms with E-state index in [0.29, 0.717) is 22.6 Å². The third kappa shape index (κ3) is 6.71. The van der Waals surface area contributed by atoms with Crippen LogP contribution >= 0.6 is 0 Å². The summed E-state index contributed by atoms with van der Waals surface area (Å²) < 4.78 is 19.9. The molecule has 1 aromatic heterocycles. The van der Waals surface area contributed by atoms with Crippen LogP contribution in [0.2, 0.25) is 0 Å². The number of para-hydroxylation sites is 1. The van der Waals surface area contributed by atoms with Crippen molar-refractivity contribution in [3.8, 4) is 17.1 Å². The Morgan fingerprint density at radius 1 is 1.09 bits per heavy atom. The molecule has 0 radical (unpaired) electrons. The van der Waals surface area contributed by atoms with Crippen molar-refractivity contribution in [1.82, 2.24) is 10.2 Å². The summed E-state index contributed by atoms with van der Waals surface area (Å²) in [6.45, 7) is 2.23. The number of furan rings is 1.